The zero-order valence-electron chi connectivity index (χ0n) is 24.9. The molecule has 43 heavy (non-hydrogen) atoms. The SMILES string of the molecule is C=C1CN2C(=C)C(C3CCSCC3)=Cc3c(nc(C)nc32)NCc2cccc(c2F)C(F)(F)CC2CN(CCCCN1)C2. The highest BCUT2D eigenvalue weighted by Crippen LogP contribution is 2.43. The first-order chi connectivity index (χ1) is 20.7. The Kier molecular flexibility index (Phi) is 8.78. The van der Waals surface area contributed by atoms with Crippen LogP contribution in [0, 0.1) is 24.6 Å². The molecule has 1 aromatic heterocycles. The number of benzene rings is 1. The lowest BCUT2D eigenvalue weighted by Crippen LogP contribution is -2.48. The van der Waals surface area contributed by atoms with Gasteiger partial charge in [0.1, 0.15) is 23.3 Å². The molecule has 6 heterocycles. The van der Waals surface area contributed by atoms with Crippen LogP contribution in [0.2, 0.25) is 0 Å². The van der Waals surface area contributed by atoms with Gasteiger partial charge in [0.2, 0.25) is 0 Å². The Morgan fingerprint density at radius 1 is 1.07 bits per heavy atom. The van der Waals surface area contributed by atoms with Crippen molar-refractivity contribution in [1.82, 2.24) is 20.2 Å². The van der Waals surface area contributed by atoms with Crippen LogP contribution < -0.4 is 15.5 Å². The average Bonchev–Trinajstić information content (AvgIpc) is 2.96. The molecule has 2 aromatic rings. The van der Waals surface area contributed by atoms with Gasteiger partial charge < -0.3 is 20.4 Å². The maximum absolute atomic E-state index is 15.7. The highest BCUT2D eigenvalue weighted by atomic mass is 32.2. The van der Waals surface area contributed by atoms with E-state index < -0.39 is 17.3 Å². The van der Waals surface area contributed by atoms with E-state index in [-0.39, 0.29) is 24.4 Å². The maximum atomic E-state index is 15.7. The summed E-state index contributed by atoms with van der Waals surface area (Å²) in [6.45, 7) is 14.1. The van der Waals surface area contributed by atoms with Crippen LogP contribution in [-0.4, -0.2) is 59.1 Å². The smallest absolute Gasteiger partial charge is 0.276 e. The van der Waals surface area contributed by atoms with Gasteiger partial charge in [-0.15, -0.1) is 0 Å². The minimum absolute atomic E-state index is 0.0221. The molecule has 0 aliphatic carbocycles. The van der Waals surface area contributed by atoms with E-state index in [1.165, 1.54) is 12.1 Å². The summed E-state index contributed by atoms with van der Waals surface area (Å²) in [5, 5.41) is 6.78. The van der Waals surface area contributed by atoms with Crippen LogP contribution in [-0.2, 0) is 12.5 Å². The van der Waals surface area contributed by atoms with Gasteiger partial charge in [-0.3, -0.25) is 0 Å². The number of nitrogens with zero attached hydrogens (tertiary/aromatic N) is 4. The van der Waals surface area contributed by atoms with E-state index in [0.29, 0.717) is 37.2 Å². The molecule has 5 aliphatic rings. The van der Waals surface area contributed by atoms with Crippen molar-refractivity contribution in [2.24, 2.45) is 11.8 Å². The summed E-state index contributed by atoms with van der Waals surface area (Å²) in [5.41, 5.74) is 3.43. The Balaban J connectivity index is 1.37. The minimum atomic E-state index is -3.23. The van der Waals surface area contributed by atoms with Crippen molar-refractivity contribution in [3.05, 3.63) is 76.7 Å². The first kappa shape index (κ1) is 30.1. The third kappa shape index (κ3) is 6.45. The lowest BCUT2D eigenvalue weighted by Gasteiger charge is -2.41. The molecule has 0 radical (unpaired) electrons. The van der Waals surface area contributed by atoms with E-state index in [9.17, 15) is 0 Å². The third-order valence-corrected chi connectivity index (χ3v) is 10.1. The average molecular weight is 611 g/mol. The van der Waals surface area contributed by atoms with Gasteiger partial charge in [0, 0.05) is 49.6 Å². The molecular formula is C33H41F3N6S. The molecule has 0 saturated carbocycles. The molecule has 2 saturated heterocycles. The van der Waals surface area contributed by atoms with Crippen molar-refractivity contribution in [3.8, 4) is 0 Å². The quantitative estimate of drug-likeness (QED) is 0.373. The second-order valence-electron chi connectivity index (χ2n) is 12.3. The van der Waals surface area contributed by atoms with E-state index in [1.807, 2.05) is 18.7 Å². The first-order valence-corrected chi connectivity index (χ1v) is 16.5. The van der Waals surface area contributed by atoms with Crippen LogP contribution in [0.25, 0.3) is 6.08 Å². The molecule has 8 bridgehead atoms. The van der Waals surface area contributed by atoms with Crippen LogP contribution in [0.1, 0.15) is 54.6 Å². The van der Waals surface area contributed by atoms with Crippen LogP contribution in [0.3, 0.4) is 0 Å². The number of alkyl halides is 2. The summed E-state index contributed by atoms with van der Waals surface area (Å²) in [6.07, 6.45) is 5.84. The summed E-state index contributed by atoms with van der Waals surface area (Å²) in [7, 11) is 0. The molecule has 5 aliphatic heterocycles. The number of rotatable bonds is 1. The van der Waals surface area contributed by atoms with Gasteiger partial charge in [0.15, 0.2) is 0 Å². The van der Waals surface area contributed by atoms with E-state index >= 15 is 13.2 Å². The zero-order valence-corrected chi connectivity index (χ0v) is 25.7. The first-order valence-electron chi connectivity index (χ1n) is 15.4. The predicted octanol–water partition coefficient (Wildman–Crippen LogP) is 6.71. The van der Waals surface area contributed by atoms with Crippen molar-refractivity contribution >= 4 is 29.5 Å². The number of fused-ring (bicyclic) bond motifs is 8. The number of hydrogen-bond donors (Lipinski definition) is 2. The van der Waals surface area contributed by atoms with Crippen molar-refractivity contribution in [1.29, 1.82) is 0 Å². The van der Waals surface area contributed by atoms with Crippen molar-refractivity contribution in [2.75, 3.05) is 54.4 Å². The molecule has 2 N–H and O–H groups in total. The van der Waals surface area contributed by atoms with Crippen molar-refractivity contribution in [3.63, 3.8) is 0 Å². The fourth-order valence-electron chi connectivity index (χ4n) is 6.71. The van der Waals surface area contributed by atoms with Crippen LogP contribution >= 0.6 is 11.8 Å². The Labute approximate surface area is 256 Å². The fourth-order valence-corrected chi connectivity index (χ4v) is 7.81. The summed E-state index contributed by atoms with van der Waals surface area (Å²) in [6, 6.07) is 4.31. The number of aryl methyl sites for hydroxylation is 1. The molecule has 1 aromatic carbocycles. The molecule has 10 heteroatoms. The Morgan fingerprint density at radius 3 is 2.65 bits per heavy atom. The topological polar surface area (TPSA) is 56.3 Å². The number of aromatic nitrogens is 2. The summed E-state index contributed by atoms with van der Waals surface area (Å²) >= 11 is 1.98. The molecule has 0 atom stereocenters. The summed E-state index contributed by atoms with van der Waals surface area (Å²) in [4.78, 5) is 13.9. The van der Waals surface area contributed by atoms with Crippen LogP contribution in [0.5, 0.6) is 0 Å². The molecule has 0 amide bonds. The number of anilines is 2. The number of hydrogen-bond acceptors (Lipinski definition) is 7. The molecule has 2 fully saturated rings. The number of allylic oxidation sites excluding steroid dienone is 1. The Hall–Kier alpha value is -2.98. The second-order valence-corrected chi connectivity index (χ2v) is 13.5. The standard InChI is InChI=1S/C33H41F3N6S/c1-21-18-42-22(2)27(25-9-13-43-14-10-25)15-28-31(39-23(3)40-32(28)42)38-17-26-7-6-8-29(30(26)34)33(35,36)16-24-19-41(20-24)12-5-4-11-37-21/h6-8,15,24-25,37H,1-2,4-5,9-14,16-20H2,3H3,(H,38,39,40). The van der Waals surface area contributed by atoms with Gasteiger partial charge in [-0.1, -0.05) is 31.4 Å². The molecule has 6 nitrogen and oxygen atoms in total. The summed E-state index contributed by atoms with van der Waals surface area (Å²) in [5.74, 6) is 0.168. The third-order valence-electron chi connectivity index (χ3n) is 9.03. The Bertz CT molecular complexity index is 1410. The van der Waals surface area contributed by atoms with E-state index in [1.54, 1.807) is 6.07 Å². The van der Waals surface area contributed by atoms with E-state index in [4.69, 9.17) is 9.97 Å². The molecule has 0 unspecified atom stereocenters. The molecule has 7 rings (SSSR count). The lowest BCUT2D eigenvalue weighted by molar-refractivity contribution is -0.0592. The highest BCUT2D eigenvalue weighted by Gasteiger charge is 2.41. The van der Waals surface area contributed by atoms with Gasteiger partial charge in [-0.05, 0) is 74.1 Å². The minimum Gasteiger partial charge on any atom is -0.387 e. The summed E-state index contributed by atoms with van der Waals surface area (Å²) < 4.78 is 46.4. The van der Waals surface area contributed by atoms with E-state index in [2.05, 4.69) is 39.7 Å². The molecule has 230 valence electrons. The maximum Gasteiger partial charge on any atom is 0.276 e. The van der Waals surface area contributed by atoms with Crippen LogP contribution in [0.4, 0.5) is 24.8 Å². The fraction of sp³-hybridized carbons (Fsp3) is 0.515. The number of nitrogens with one attached hydrogen (secondary N) is 2. The predicted molar refractivity (Wildman–Crippen MR) is 170 cm³/mol. The van der Waals surface area contributed by atoms with Crippen LogP contribution in [0.15, 0.2) is 48.3 Å². The molecule has 0 spiro atoms. The monoisotopic (exact) mass is 610 g/mol. The molecular weight excluding hydrogens is 569 g/mol. The van der Waals surface area contributed by atoms with Gasteiger partial charge in [0.05, 0.1) is 17.7 Å². The second kappa shape index (κ2) is 12.6. The number of halogens is 3. The van der Waals surface area contributed by atoms with Crippen molar-refractivity contribution < 1.29 is 13.2 Å². The van der Waals surface area contributed by atoms with Gasteiger partial charge in [0.25, 0.3) is 5.92 Å². The van der Waals surface area contributed by atoms with Gasteiger partial charge in [-0.25, -0.2) is 23.1 Å². The highest BCUT2D eigenvalue weighted by molar-refractivity contribution is 7.99. The van der Waals surface area contributed by atoms with Gasteiger partial charge in [-0.2, -0.15) is 11.8 Å². The number of thioether (sulfide) groups is 1. The van der Waals surface area contributed by atoms with Gasteiger partial charge >= 0.3 is 0 Å². The van der Waals surface area contributed by atoms with Crippen molar-refractivity contribution in [2.45, 2.75) is 51.5 Å². The zero-order chi connectivity index (χ0) is 30.1. The van der Waals surface area contributed by atoms with E-state index in [0.717, 1.165) is 78.6 Å². The normalized spacial score (nSPS) is 25.0. The largest absolute Gasteiger partial charge is 0.387 e. The Morgan fingerprint density at radius 2 is 1.86 bits per heavy atom. The lowest BCUT2D eigenvalue weighted by atomic mass is 9.87.